The zero-order chi connectivity index (χ0) is 21.2. The fourth-order valence-electron chi connectivity index (χ4n) is 3.98. The van der Waals surface area contributed by atoms with E-state index < -0.39 is 7.92 Å². The van der Waals surface area contributed by atoms with Crippen LogP contribution in [0.5, 0.6) is 5.75 Å². The Morgan fingerprint density at radius 2 is 1.14 bits per heavy atom. The smallest absolute Gasteiger partial charge is 0.127 e. The number of rotatable bonds is 4. The molecule has 3 rings (SSSR count). The molecule has 0 saturated carbocycles. The van der Waals surface area contributed by atoms with Crippen LogP contribution in [0.25, 0.3) is 0 Å². The number of aromatic hydroxyl groups is 1. The zero-order valence-electron chi connectivity index (χ0n) is 18.5. The van der Waals surface area contributed by atoms with Crippen molar-refractivity contribution in [3.8, 4) is 5.75 Å². The molecule has 1 nitrogen and oxygen atoms in total. The molecule has 3 aromatic carbocycles. The average molecular weight is 405 g/mol. The monoisotopic (exact) mass is 404 g/mol. The van der Waals surface area contributed by atoms with Gasteiger partial charge >= 0.3 is 0 Å². The molecule has 0 aliphatic carbocycles. The van der Waals surface area contributed by atoms with Crippen molar-refractivity contribution in [2.24, 2.45) is 0 Å². The summed E-state index contributed by atoms with van der Waals surface area (Å²) in [5, 5.41) is 12.5. The first-order chi connectivity index (χ1) is 13.6. The van der Waals surface area contributed by atoms with E-state index in [1.54, 1.807) is 0 Å². The van der Waals surface area contributed by atoms with Gasteiger partial charge in [-0.3, -0.25) is 0 Å². The zero-order valence-corrected chi connectivity index (χ0v) is 19.4. The van der Waals surface area contributed by atoms with Crippen molar-refractivity contribution in [3.63, 3.8) is 0 Å². The van der Waals surface area contributed by atoms with Gasteiger partial charge in [-0.1, -0.05) is 128 Å². The third-order valence-electron chi connectivity index (χ3n) is 5.29. The number of hydrogen-bond acceptors (Lipinski definition) is 1. The molecular weight excluding hydrogens is 371 g/mol. The van der Waals surface area contributed by atoms with E-state index in [0.717, 1.165) is 10.9 Å². The van der Waals surface area contributed by atoms with Gasteiger partial charge in [0.1, 0.15) is 5.75 Å². The summed E-state index contributed by atoms with van der Waals surface area (Å²) in [5.41, 5.74) is 3.74. The van der Waals surface area contributed by atoms with Gasteiger partial charge in [-0.15, -0.1) is 0 Å². The van der Waals surface area contributed by atoms with Crippen molar-refractivity contribution < 1.29 is 5.11 Å². The molecule has 0 heterocycles. The second-order valence-electron chi connectivity index (χ2n) is 9.69. The number of benzene rings is 3. The molecule has 0 saturated heterocycles. The Kier molecular flexibility index (Phi) is 6.20. The molecule has 0 amide bonds. The molecule has 1 unspecified atom stereocenters. The first-order valence-electron chi connectivity index (χ1n) is 10.3. The van der Waals surface area contributed by atoms with Crippen molar-refractivity contribution in [2.45, 2.75) is 57.8 Å². The highest BCUT2D eigenvalue weighted by molar-refractivity contribution is 7.67. The third-order valence-corrected chi connectivity index (χ3v) is 8.73. The minimum absolute atomic E-state index is 0.0136. The molecule has 2 heteroatoms. The standard InChI is InChI=1S/C27H33OP/c1-26(2,3)22-18-13-19-23(24(22)28)29(27(4,5)6)25(20-14-9-7-10-15-20)21-16-11-8-12-17-21/h7-19,25,28H,1-6H3. The van der Waals surface area contributed by atoms with E-state index in [4.69, 9.17) is 0 Å². The lowest BCUT2D eigenvalue weighted by Crippen LogP contribution is -2.26. The van der Waals surface area contributed by atoms with Crippen LogP contribution in [0.1, 0.15) is 63.9 Å². The van der Waals surface area contributed by atoms with Crippen molar-refractivity contribution >= 4 is 13.2 Å². The van der Waals surface area contributed by atoms with Gasteiger partial charge in [0.2, 0.25) is 0 Å². The van der Waals surface area contributed by atoms with E-state index in [2.05, 4.69) is 120 Å². The van der Waals surface area contributed by atoms with Crippen LogP contribution in [0, 0.1) is 0 Å². The first-order valence-corrected chi connectivity index (χ1v) is 11.7. The minimum atomic E-state index is -0.747. The van der Waals surface area contributed by atoms with E-state index >= 15 is 0 Å². The van der Waals surface area contributed by atoms with Crippen LogP contribution >= 0.6 is 7.92 Å². The Hall–Kier alpha value is -2.11. The van der Waals surface area contributed by atoms with Gasteiger partial charge in [-0.2, -0.15) is 0 Å². The number of phenolic OH excluding ortho intramolecular Hbond substituents is 1. The molecule has 152 valence electrons. The van der Waals surface area contributed by atoms with Crippen LogP contribution in [0.15, 0.2) is 78.9 Å². The second-order valence-corrected chi connectivity index (χ2v) is 12.8. The summed E-state index contributed by atoms with van der Waals surface area (Å²) in [5.74, 6) is 0.470. The van der Waals surface area contributed by atoms with E-state index in [1.807, 2.05) is 0 Å². The van der Waals surface area contributed by atoms with Crippen LogP contribution in [-0.4, -0.2) is 10.3 Å². The molecule has 0 aliphatic heterocycles. The summed E-state index contributed by atoms with van der Waals surface area (Å²) in [4.78, 5) is 0. The SMILES string of the molecule is CC(C)(C)c1cccc(P(C(c2ccccc2)c2ccccc2)C(C)(C)C)c1O. The van der Waals surface area contributed by atoms with E-state index in [-0.39, 0.29) is 16.2 Å². The largest absolute Gasteiger partial charge is 0.507 e. The number of para-hydroxylation sites is 1. The van der Waals surface area contributed by atoms with Crippen LogP contribution < -0.4 is 5.30 Å². The van der Waals surface area contributed by atoms with Crippen LogP contribution in [0.4, 0.5) is 0 Å². The van der Waals surface area contributed by atoms with Gasteiger partial charge in [0, 0.05) is 11.0 Å². The van der Waals surface area contributed by atoms with Crippen molar-refractivity contribution in [1.82, 2.24) is 0 Å². The molecule has 0 spiro atoms. The lowest BCUT2D eigenvalue weighted by Gasteiger charge is -2.40. The Bertz CT molecular complexity index is 894. The second kappa shape index (κ2) is 8.33. The Labute approximate surface area is 177 Å². The van der Waals surface area contributed by atoms with Crippen molar-refractivity contribution in [2.75, 3.05) is 0 Å². The fourth-order valence-corrected chi connectivity index (χ4v) is 7.29. The molecule has 0 radical (unpaired) electrons. The molecule has 0 aromatic heterocycles. The molecule has 1 N–H and O–H groups in total. The highest BCUT2D eigenvalue weighted by atomic mass is 31.1. The summed E-state index contributed by atoms with van der Waals surface area (Å²) in [6.45, 7) is 13.4. The topological polar surface area (TPSA) is 20.2 Å². The lowest BCUT2D eigenvalue weighted by atomic mass is 9.86. The molecule has 0 bridgehead atoms. The van der Waals surface area contributed by atoms with Crippen LogP contribution in [-0.2, 0) is 5.41 Å². The quantitative estimate of drug-likeness (QED) is 0.450. The highest BCUT2D eigenvalue weighted by Gasteiger charge is 2.37. The summed E-state index contributed by atoms with van der Waals surface area (Å²) in [7, 11) is -0.747. The maximum atomic E-state index is 11.4. The Balaban J connectivity index is 2.28. The normalized spacial score (nSPS) is 13.5. The molecular formula is C27H33OP. The summed E-state index contributed by atoms with van der Waals surface area (Å²) >= 11 is 0. The summed E-state index contributed by atoms with van der Waals surface area (Å²) < 4.78 is 0. The van der Waals surface area contributed by atoms with E-state index in [9.17, 15) is 5.11 Å². The Morgan fingerprint density at radius 1 is 0.655 bits per heavy atom. The fraction of sp³-hybridized carbons (Fsp3) is 0.333. The molecule has 0 aliphatic rings. The molecule has 3 aromatic rings. The van der Waals surface area contributed by atoms with Crippen molar-refractivity contribution in [3.05, 3.63) is 95.6 Å². The summed E-state index contributed by atoms with van der Waals surface area (Å²) in [6, 6.07) is 27.8. The van der Waals surface area contributed by atoms with Crippen LogP contribution in [0.3, 0.4) is 0 Å². The third kappa shape index (κ3) is 4.73. The van der Waals surface area contributed by atoms with Gasteiger partial charge in [0.05, 0.1) is 0 Å². The molecule has 0 fully saturated rings. The van der Waals surface area contributed by atoms with Gasteiger partial charge in [0.25, 0.3) is 0 Å². The molecule has 1 atom stereocenters. The predicted octanol–water partition coefficient (Wildman–Crippen LogP) is 7.39. The van der Waals surface area contributed by atoms with Gasteiger partial charge in [-0.05, 0) is 27.3 Å². The average Bonchev–Trinajstić information content (AvgIpc) is 2.66. The predicted molar refractivity (Wildman–Crippen MR) is 128 cm³/mol. The number of phenols is 1. The van der Waals surface area contributed by atoms with E-state index in [1.165, 1.54) is 11.1 Å². The van der Waals surface area contributed by atoms with Gasteiger partial charge in [-0.25, -0.2) is 0 Å². The lowest BCUT2D eigenvalue weighted by molar-refractivity contribution is 0.450. The van der Waals surface area contributed by atoms with Gasteiger partial charge < -0.3 is 5.11 Å². The highest BCUT2D eigenvalue weighted by Crippen LogP contribution is 2.63. The maximum Gasteiger partial charge on any atom is 0.127 e. The van der Waals surface area contributed by atoms with Gasteiger partial charge in [0.15, 0.2) is 0 Å². The maximum absolute atomic E-state index is 11.4. The number of hydrogen-bond donors (Lipinski definition) is 1. The van der Waals surface area contributed by atoms with E-state index in [0.29, 0.717) is 5.75 Å². The van der Waals surface area contributed by atoms with Crippen molar-refractivity contribution in [1.29, 1.82) is 0 Å². The first kappa shape index (κ1) is 21.6. The Morgan fingerprint density at radius 3 is 1.55 bits per heavy atom. The minimum Gasteiger partial charge on any atom is -0.507 e. The summed E-state index contributed by atoms with van der Waals surface area (Å²) in [6.07, 6.45) is 0. The molecule has 29 heavy (non-hydrogen) atoms. The van der Waals surface area contributed by atoms with Crippen LogP contribution in [0.2, 0.25) is 0 Å².